The number of carbonyl (C=O) groups is 1. The van der Waals surface area contributed by atoms with Crippen LogP contribution in [0.4, 0.5) is 0 Å². The third kappa shape index (κ3) is 4.03. The maximum absolute atomic E-state index is 12.3. The number of nitrogens with two attached hydrogens (primary N) is 1. The molecule has 1 aliphatic rings. The summed E-state index contributed by atoms with van der Waals surface area (Å²) in [7, 11) is 0. The number of nitrogens with one attached hydrogen (secondary N) is 1. The van der Waals surface area contributed by atoms with Crippen molar-refractivity contribution in [2.24, 2.45) is 5.73 Å². The average Bonchev–Trinajstić information content (AvgIpc) is 3.13. The Kier molecular flexibility index (Phi) is 5.63. The molecule has 1 saturated heterocycles. The molecule has 2 heterocycles. The molecular weight excluding hydrogens is 306 g/mol. The highest BCUT2D eigenvalue weighted by Crippen LogP contribution is 2.21. The molecule has 0 bridgehead atoms. The summed E-state index contributed by atoms with van der Waals surface area (Å²) in [5.41, 5.74) is 7.21. The molecule has 0 spiro atoms. The summed E-state index contributed by atoms with van der Waals surface area (Å²) in [6.45, 7) is 3.98. The number of rotatable bonds is 6. The quantitative estimate of drug-likeness (QED) is 0.840. The number of carbonyl (C=O) groups excluding carboxylic acids is 1. The normalized spacial score (nSPS) is 16.7. The van der Waals surface area contributed by atoms with Gasteiger partial charge in [0.25, 0.3) is 5.91 Å². The average molecular weight is 329 g/mol. The van der Waals surface area contributed by atoms with Crippen molar-refractivity contribution in [2.45, 2.75) is 12.6 Å². The number of ether oxygens (including phenoxy) is 1. The van der Waals surface area contributed by atoms with Crippen LogP contribution in [0.2, 0.25) is 0 Å². The Hall–Kier alpha value is -2.15. The Balaban J connectivity index is 1.68. The maximum Gasteiger partial charge on any atom is 0.254 e. The second-order valence-electron chi connectivity index (χ2n) is 5.79. The fraction of sp³-hybridized carbons (Fsp3) is 0.389. The summed E-state index contributed by atoms with van der Waals surface area (Å²) in [6, 6.07) is 12.0. The third-order valence-corrected chi connectivity index (χ3v) is 4.24. The van der Waals surface area contributed by atoms with E-state index >= 15 is 0 Å². The van der Waals surface area contributed by atoms with Crippen LogP contribution >= 0.6 is 0 Å². The molecule has 128 valence electrons. The maximum atomic E-state index is 12.3. The number of amides is 1. The first kappa shape index (κ1) is 16.7. The van der Waals surface area contributed by atoms with Crippen molar-refractivity contribution in [3.63, 3.8) is 0 Å². The van der Waals surface area contributed by atoms with E-state index in [2.05, 4.69) is 22.3 Å². The van der Waals surface area contributed by atoms with Gasteiger partial charge in [-0.3, -0.25) is 9.69 Å². The minimum atomic E-state index is -0.146. The highest BCUT2D eigenvalue weighted by molar-refractivity contribution is 5.94. The summed E-state index contributed by atoms with van der Waals surface area (Å²) in [5, 5.41) is 3.01. The SMILES string of the molecule is NCc1cc(C(=O)NCC(c2ccccc2)N2CCOCC2)co1. The van der Waals surface area contributed by atoms with Gasteiger partial charge in [0, 0.05) is 19.6 Å². The van der Waals surface area contributed by atoms with Crippen molar-refractivity contribution in [3.05, 3.63) is 59.5 Å². The van der Waals surface area contributed by atoms with Crippen LogP contribution in [0.1, 0.15) is 27.7 Å². The number of hydrogen-bond acceptors (Lipinski definition) is 5. The van der Waals surface area contributed by atoms with Gasteiger partial charge in [0.2, 0.25) is 0 Å². The van der Waals surface area contributed by atoms with E-state index in [4.69, 9.17) is 14.9 Å². The lowest BCUT2D eigenvalue weighted by molar-refractivity contribution is 0.0162. The van der Waals surface area contributed by atoms with Gasteiger partial charge in [-0.25, -0.2) is 0 Å². The van der Waals surface area contributed by atoms with Crippen molar-refractivity contribution in [1.29, 1.82) is 0 Å². The molecule has 1 fully saturated rings. The highest BCUT2D eigenvalue weighted by atomic mass is 16.5. The summed E-state index contributed by atoms with van der Waals surface area (Å²) in [6.07, 6.45) is 1.45. The van der Waals surface area contributed by atoms with Crippen LogP contribution in [0.3, 0.4) is 0 Å². The zero-order chi connectivity index (χ0) is 16.8. The van der Waals surface area contributed by atoms with Gasteiger partial charge in [-0.15, -0.1) is 0 Å². The summed E-state index contributed by atoms with van der Waals surface area (Å²) in [4.78, 5) is 14.7. The van der Waals surface area contributed by atoms with Crippen molar-refractivity contribution in [1.82, 2.24) is 10.2 Å². The highest BCUT2D eigenvalue weighted by Gasteiger charge is 2.23. The van der Waals surface area contributed by atoms with E-state index in [1.54, 1.807) is 6.07 Å². The van der Waals surface area contributed by atoms with Crippen LogP contribution in [0.15, 0.2) is 47.1 Å². The molecule has 0 radical (unpaired) electrons. The van der Waals surface area contributed by atoms with Crippen LogP contribution in [0.5, 0.6) is 0 Å². The Morgan fingerprint density at radius 2 is 2.00 bits per heavy atom. The molecule has 24 heavy (non-hydrogen) atoms. The van der Waals surface area contributed by atoms with Crippen molar-refractivity contribution in [3.8, 4) is 0 Å². The molecule has 0 saturated carbocycles. The number of hydrogen-bond donors (Lipinski definition) is 2. The third-order valence-electron chi connectivity index (χ3n) is 4.24. The van der Waals surface area contributed by atoms with Crippen molar-refractivity contribution >= 4 is 5.91 Å². The number of morpholine rings is 1. The molecule has 0 aliphatic carbocycles. The summed E-state index contributed by atoms with van der Waals surface area (Å²) >= 11 is 0. The molecule has 1 amide bonds. The van der Waals surface area contributed by atoms with Gasteiger partial charge in [-0.1, -0.05) is 30.3 Å². The molecule has 1 aromatic heterocycles. The van der Waals surface area contributed by atoms with Gasteiger partial charge >= 0.3 is 0 Å². The van der Waals surface area contributed by atoms with E-state index in [-0.39, 0.29) is 18.5 Å². The zero-order valence-electron chi connectivity index (χ0n) is 13.6. The van der Waals surface area contributed by atoms with Crippen LogP contribution in [0, 0.1) is 0 Å². The fourth-order valence-corrected chi connectivity index (χ4v) is 2.92. The lowest BCUT2D eigenvalue weighted by atomic mass is 10.0. The zero-order valence-corrected chi connectivity index (χ0v) is 13.6. The van der Waals surface area contributed by atoms with E-state index in [9.17, 15) is 4.79 Å². The Morgan fingerprint density at radius 1 is 1.25 bits per heavy atom. The summed E-state index contributed by atoms with van der Waals surface area (Å²) < 4.78 is 10.7. The number of nitrogens with zero attached hydrogens (tertiary/aromatic N) is 1. The Morgan fingerprint density at radius 3 is 2.67 bits per heavy atom. The van der Waals surface area contributed by atoms with Gasteiger partial charge < -0.3 is 20.2 Å². The first-order valence-electron chi connectivity index (χ1n) is 8.20. The van der Waals surface area contributed by atoms with Crippen LogP contribution in [0.25, 0.3) is 0 Å². The molecule has 3 rings (SSSR count). The minimum Gasteiger partial charge on any atom is -0.467 e. The molecule has 1 aromatic carbocycles. The van der Waals surface area contributed by atoms with Gasteiger partial charge in [0.1, 0.15) is 12.0 Å². The smallest absolute Gasteiger partial charge is 0.254 e. The van der Waals surface area contributed by atoms with E-state index < -0.39 is 0 Å². The minimum absolute atomic E-state index is 0.125. The predicted molar refractivity (Wildman–Crippen MR) is 90.5 cm³/mol. The van der Waals surface area contributed by atoms with Crippen LogP contribution in [-0.2, 0) is 11.3 Å². The second kappa shape index (κ2) is 8.10. The topological polar surface area (TPSA) is 80.7 Å². The van der Waals surface area contributed by atoms with Crippen molar-refractivity contribution < 1.29 is 13.9 Å². The molecule has 6 heteroatoms. The van der Waals surface area contributed by atoms with Gasteiger partial charge in [0.05, 0.1) is 31.4 Å². The molecule has 6 nitrogen and oxygen atoms in total. The van der Waals surface area contributed by atoms with E-state index in [1.165, 1.54) is 11.8 Å². The fourth-order valence-electron chi connectivity index (χ4n) is 2.92. The first-order valence-corrected chi connectivity index (χ1v) is 8.20. The largest absolute Gasteiger partial charge is 0.467 e. The number of furan rings is 1. The van der Waals surface area contributed by atoms with E-state index in [0.29, 0.717) is 17.9 Å². The number of benzene rings is 1. The monoisotopic (exact) mass is 329 g/mol. The summed E-state index contributed by atoms with van der Waals surface area (Å²) in [5.74, 6) is 0.459. The van der Waals surface area contributed by atoms with E-state index in [1.807, 2.05) is 18.2 Å². The standard InChI is InChI=1S/C18H23N3O3/c19-11-16-10-15(13-24-16)18(22)20-12-17(14-4-2-1-3-5-14)21-6-8-23-9-7-21/h1-5,10,13,17H,6-9,11-12,19H2,(H,20,22). The Bertz CT molecular complexity index is 651. The molecule has 2 aromatic rings. The molecule has 1 unspecified atom stereocenters. The van der Waals surface area contributed by atoms with E-state index in [0.717, 1.165) is 26.3 Å². The molecule has 1 aliphatic heterocycles. The van der Waals surface area contributed by atoms with Gasteiger partial charge in [0.15, 0.2) is 0 Å². The van der Waals surface area contributed by atoms with Crippen LogP contribution in [-0.4, -0.2) is 43.7 Å². The molecular formula is C18H23N3O3. The van der Waals surface area contributed by atoms with Gasteiger partial charge in [-0.2, -0.15) is 0 Å². The predicted octanol–water partition coefficient (Wildman–Crippen LogP) is 1.54. The second-order valence-corrected chi connectivity index (χ2v) is 5.79. The Labute approximate surface area is 141 Å². The lowest BCUT2D eigenvalue weighted by Crippen LogP contribution is -2.43. The van der Waals surface area contributed by atoms with Crippen molar-refractivity contribution in [2.75, 3.05) is 32.8 Å². The molecule has 3 N–H and O–H groups in total. The first-order chi connectivity index (χ1) is 11.8. The lowest BCUT2D eigenvalue weighted by Gasteiger charge is -2.34. The van der Waals surface area contributed by atoms with Gasteiger partial charge in [-0.05, 0) is 11.6 Å². The molecule has 1 atom stereocenters. The van der Waals surface area contributed by atoms with Crippen LogP contribution < -0.4 is 11.1 Å².